The molecule has 2 amide bonds. The Kier molecular flexibility index (Phi) is 11.3. The SMILES string of the molecule is CCCCNC(=O)[C@@H](Cc1ccccc1)N(Cc1cccc(C)c1)C(=O)CN(c1ccccc1)S(=O)(=O)N(C)C. The third kappa shape index (κ3) is 8.40. The highest BCUT2D eigenvalue weighted by atomic mass is 32.2. The molecule has 0 aliphatic carbocycles. The van der Waals surface area contributed by atoms with Crippen LogP contribution in [0.4, 0.5) is 5.69 Å². The zero-order chi connectivity index (χ0) is 29.1. The van der Waals surface area contributed by atoms with Crippen molar-refractivity contribution in [1.82, 2.24) is 14.5 Å². The topological polar surface area (TPSA) is 90.0 Å². The van der Waals surface area contributed by atoms with Gasteiger partial charge in [-0.3, -0.25) is 9.59 Å². The second-order valence-corrected chi connectivity index (χ2v) is 12.1. The number of nitrogens with zero attached hydrogens (tertiary/aromatic N) is 3. The first kappa shape index (κ1) is 30.8. The van der Waals surface area contributed by atoms with Gasteiger partial charge < -0.3 is 10.2 Å². The van der Waals surface area contributed by atoms with Crippen molar-refractivity contribution in [2.75, 3.05) is 31.5 Å². The largest absolute Gasteiger partial charge is 0.354 e. The van der Waals surface area contributed by atoms with E-state index in [0.717, 1.165) is 38.1 Å². The van der Waals surface area contributed by atoms with E-state index < -0.39 is 28.7 Å². The van der Waals surface area contributed by atoms with E-state index in [1.54, 1.807) is 30.3 Å². The Labute approximate surface area is 238 Å². The van der Waals surface area contributed by atoms with Gasteiger partial charge in [-0.05, 0) is 36.6 Å². The molecule has 0 aliphatic rings. The van der Waals surface area contributed by atoms with Crippen LogP contribution < -0.4 is 9.62 Å². The summed E-state index contributed by atoms with van der Waals surface area (Å²) < 4.78 is 28.9. The molecular weight excluding hydrogens is 524 g/mol. The van der Waals surface area contributed by atoms with Crippen LogP contribution in [-0.2, 0) is 32.8 Å². The highest BCUT2D eigenvalue weighted by Crippen LogP contribution is 2.21. The van der Waals surface area contributed by atoms with Gasteiger partial charge in [0.25, 0.3) is 0 Å². The van der Waals surface area contributed by atoms with Gasteiger partial charge in [-0.25, -0.2) is 4.31 Å². The minimum absolute atomic E-state index is 0.157. The molecule has 0 radical (unpaired) electrons. The minimum atomic E-state index is -4.00. The van der Waals surface area contributed by atoms with Crippen LogP contribution in [0.2, 0.25) is 0 Å². The number of aryl methyl sites for hydroxylation is 1. The molecule has 0 unspecified atom stereocenters. The first-order valence-corrected chi connectivity index (χ1v) is 14.9. The molecule has 0 aliphatic heterocycles. The molecule has 214 valence electrons. The lowest BCUT2D eigenvalue weighted by atomic mass is 10.0. The van der Waals surface area contributed by atoms with Crippen molar-refractivity contribution in [3.8, 4) is 0 Å². The molecular formula is C31H40N4O4S. The number of hydrogen-bond donors (Lipinski definition) is 1. The average molecular weight is 565 g/mol. The number of unbranched alkanes of at least 4 members (excludes halogenated alkanes) is 1. The molecule has 9 heteroatoms. The summed E-state index contributed by atoms with van der Waals surface area (Å²) in [6.07, 6.45) is 2.03. The first-order chi connectivity index (χ1) is 19.1. The molecule has 0 heterocycles. The van der Waals surface area contributed by atoms with E-state index >= 15 is 0 Å². The Morgan fingerprint density at radius 2 is 1.50 bits per heavy atom. The van der Waals surface area contributed by atoms with Crippen molar-refractivity contribution in [3.05, 3.63) is 102 Å². The molecule has 8 nitrogen and oxygen atoms in total. The lowest BCUT2D eigenvalue weighted by molar-refractivity contribution is -0.140. The zero-order valence-electron chi connectivity index (χ0n) is 23.8. The van der Waals surface area contributed by atoms with Crippen LogP contribution in [-0.4, -0.2) is 62.7 Å². The van der Waals surface area contributed by atoms with Crippen LogP contribution in [0, 0.1) is 6.92 Å². The molecule has 0 aromatic heterocycles. The van der Waals surface area contributed by atoms with Crippen molar-refractivity contribution in [2.24, 2.45) is 0 Å². The summed E-state index contributed by atoms with van der Waals surface area (Å²) in [6.45, 7) is 4.21. The number of hydrogen-bond acceptors (Lipinski definition) is 4. The van der Waals surface area contributed by atoms with Gasteiger partial charge in [0.05, 0.1) is 5.69 Å². The van der Waals surface area contributed by atoms with Crippen molar-refractivity contribution in [2.45, 2.75) is 45.7 Å². The van der Waals surface area contributed by atoms with Gasteiger partial charge in [-0.1, -0.05) is 91.7 Å². The molecule has 3 rings (SSSR count). The Morgan fingerprint density at radius 1 is 0.875 bits per heavy atom. The summed E-state index contributed by atoms with van der Waals surface area (Å²) in [5, 5.41) is 3.00. The first-order valence-electron chi connectivity index (χ1n) is 13.6. The zero-order valence-corrected chi connectivity index (χ0v) is 24.6. The fourth-order valence-corrected chi connectivity index (χ4v) is 5.43. The van der Waals surface area contributed by atoms with Gasteiger partial charge >= 0.3 is 10.2 Å². The predicted molar refractivity (Wildman–Crippen MR) is 160 cm³/mol. The summed E-state index contributed by atoms with van der Waals surface area (Å²) >= 11 is 0. The van der Waals surface area contributed by atoms with E-state index in [9.17, 15) is 18.0 Å². The molecule has 40 heavy (non-hydrogen) atoms. The smallest absolute Gasteiger partial charge is 0.304 e. The standard InChI is InChI=1S/C31H40N4O4S/c1-5-6-20-32-31(37)29(22-26-15-9-7-10-16-26)34(23-27-17-13-14-25(2)21-27)30(36)24-35(40(38,39)33(3)4)28-18-11-8-12-19-28/h7-19,21,29H,5-6,20,22-24H2,1-4H3,(H,32,37)/t29-/m1/s1. The predicted octanol–water partition coefficient (Wildman–Crippen LogP) is 4.16. The molecule has 0 fully saturated rings. The second kappa shape index (κ2) is 14.6. The van der Waals surface area contributed by atoms with Crippen LogP contribution in [0.25, 0.3) is 0 Å². The fraction of sp³-hybridized carbons (Fsp3) is 0.355. The second-order valence-electron chi connectivity index (χ2n) is 9.99. The molecule has 0 saturated carbocycles. The molecule has 3 aromatic rings. The number of carbonyl (C=O) groups excluding carboxylic acids is 2. The number of para-hydroxylation sites is 1. The monoisotopic (exact) mass is 564 g/mol. The number of rotatable bonds is 14. The Bertz CT molecular complexity index is 1350. The summed E-state index contributed by atoms with van der Waals surface area (Å²) in [4.78, 5) is 29.3. The maximum atomic E-state index is 14.2. The van der Waals surface area contributed by atoms with E-state index in [1.165, 1.54) is 19.0 Å². The van der Waals surface area contributed by atoms with Gasteiger partial charge in [0.1, 0.15) is 12.6 Å². The third-order valence-electron chi connectivity index (χ3n) is 6.60. The summed E-state index contributed by atoms with van der Waals surface area (Å²) in [7, 11) is -1.14. The van der Waals surface area contributed by atoms with Crippen LogP contribution in [0.5, 0.6) is 0 Å². The molecule has 0 bridgehead atoms. The normalized spacial score (nSPS) is 12.1. The molecule has 0 spiro atoms. The quantitative estimate of drug-likeness (QED) is 0.298. The highest BCUT2D eigenvalue weighted by Gasteiger charge is 2.34. The fourth-order valence-electron chi connectivity index (χ4n) is 4.38. The molecule has 1 atom stereocenters. The van der Waals surface area contributed by atoms with Gasteiger partial charge in [0.2, 0.25) is 11.8 Å². The van der Waals surface area contributed by atoms with E-state index in [4.69, 9.17) is 0 Å². The highest BCUT2D eigenvalue weighted by molar-refractivity contribution is 7.90. The Morgan fingerprint density at radius 3 is 2.10 bits per heavy atom. The Balaban J connectivity index is 2.05. The Hall–Kier alpha value is -3.69. The maximum Gasteiger partial charge on any atom is 0.304 e. The van der Waals surface area contributed by atoms with Crippen molar-refractivity contribution in [3.63, 3.8) is 0 Å². The van der Waals surface area contributed by atoms with Crippen molar-refractivity contribution < 1.29 is 18.0 Å². The molecule has 0 saturated heterocycles. The number of anilines is 1. The number of nitrogens with one attached hydrogen (secondary N) is 1. The van der Waals surface area contributed by atoms with Gasteiger partial charge in [0.15, 0.2) is 0 Å². The van der Waals surface area contributed by atoms with Crippen molar-refractivity contribution >= 4 is 27.7 Å². The van der Waals surface area contributed by atoms with Gasteiger partial charge in [0, 0.05) is 33.6 Å². The lowest BCUT2D eigenvalue weighted by Gasteiger charge is -2.34. The summed E-state index contributed by atoms with van der Waals surface area (Å²) in [5.41, 5.74) is 3.15. The van der Waals surface area contributed by atoms with Crippen molar-refractivity contribution in [1.29, 1.82) is 0 Å². The van der Waals surface area contributed by atoms with Gasteiger partial charge in [-0.15, -0.1) is 0 Å². The van der Waals surface area contributed by atoms with Crippen LogP contribution in [0.15, 0.2) is 84.9 Å². The number of amides is 2. The molecule has 1 N–H and O–H groups in total. The number of carbonyl (C=O) groups is 2. The third-order valence-corrected chi connectivity index (χ3v) is 8.42. The van der Waals surface area contributed by atoms with E-state index in [-0.39, 0.29) is 12.5 Å². The molecule has 3 aromatic carbocycles. The maximum absolute atomic E-state index is 14.2. The van der Waals surface area contributed by atoms with Crippen LogP contribution in [0.3, 0.4) is 0 Å². The van der Waals surface area contributed by atoms with Crippen LogP contribution >= 0.6 is 0 Å². The summed E-state index contributed by atoms with van der Waals surface area (Å²) in [5.74, 6) is -0.734. The van der Waals surface area contributed by atoms with Crippen LogP contribution in [0.1, 0.15) is 36.5 Å². The summed E-state index contributed by atoms with van der Waals surface area (Å²) in [6, 6.07) is 25.0. The minimum Gasteiger partial charge on any atom is -0.354 e. The van der Waals surface area contributed by atoms with E-state index in [2.05, 4.69) is 5.32 Å². The average Bonchev–Trinajstić information content (AvgIpc) is 2.94. The lowest BCUT2D eigenvalue weighted by Crippen LogP contribution is -2.54. The van der Waals surface area contributed by atoms with E-state index in [0.29, 0.717) is 18.7 Å². The van der Waals surface area contributed by atoms with E-state index in [1.807, 2.05) is 68.4 Å². The van der Waals surface area contributed by atoms with Gasteiger partial charge in [-0.2, -0.15) is 12.7 Å². The number of benzene rings is 3.